The molecule has 2 aromatic carbocycles. The third-order valence-corrected chi connectivity index (χ3v) is 4.15. The van der Waals surface area contributed by atoms with E-state index in [-0.39, 0.29) is 18.1 Å². The lowest BCUT2D eigenvalue weighted by Crippen LogP contribution is -2.19. The summed E-state index contributed by atoms with van der Waals surface area (Å²) in [4.78, 5) is 11.7. The molecule has 0 fully saturated rings. The number of benzene rings is 2. The van der Waals surface area contributed by atoms with Gasteiger partial charge in [0, 0.05) is 0 Å². The molecule has 0 bridgehead atoms. The highest BCUT2D eigenvalue weighted by molar-refractivity contribution is 7.15. The molecule has 1 aromatic heterocycles. The molecule has 9 heteroatoms. The number of nitrogens with one attached hydrogen (secondary N) is 1. The van der Waals surface area contributed by atoms with E-state index in [1.807, 2.05) is 0 Å². The molecular formula is C18H16FN5O2S. The maximum atomic E-state index is 12.9. The van der Waals surface area contributed by atoms with E-state index in [2.05, 4.69) is 20.7 Å². The topological polar surface area (TPSA) is 102 Å². The van der Waals surface area contributed by atoms with E-state index in [9.17, 15) is 9.18 Å². The van der Waals surface area contributed by atoms with Crippen molar-refractivity contribution in [1.29, 1.82) is 0 Å². The number of hydrogen-bond donors (Lipinski definition) is 2. The molecule has 7 nitrogen and oxygen atoms in total. The van der Waals surface area contributed by atoms with Gasteiger partial charge in [0.1, 0.15) is 23.2 Å². The number of nitrogen functional groups attached to an aromatic ring is 1. The van der Waals surface area contributed by atoms with E-state index in [4.69, 9.17) is 10.5 Å². The average Bonchev–Trinajstić information content (AvgIpc) is 3.07. The first-order chi connectivity index (χ1) is 13.1. The monoisotopic (exact) mass is 385 g/mol. The van der Waals surface area contributed by atoms with Gasteiger partial charge in [-0.3, -0.25) is 4.79 Å². The maximum absolute atomic E-state index is 12.9. The van der Waals surface area contributed by atoms with Gasteiger partial charge in [-0.25, -0.2) is 9.82 Å². The Labute approximate surface area is 158 Å². The first kappa shape index (κ1) is 18.5. The van der Waals surface area contributed by atoms with Gasteiger partial charge in [0.25, 0.3) is 0 Å². The summed E-state index contributed by atoms with van der Waals surface area (Å²) in [6.45, 7) is 0.347. The van der Waals surface area contributed by atoms with E-state index < -0.39 is 0 Å². The number of halogens is 1. The molecule has 3 rings (SSSR count). The molecule has 0 aliphatic carbocycles. The summed E-state index contributed by atoms with van der Waals surface area (Å²) in [5.41, 5.74) is 9.56. The van der Waals surface area contributed by atoms with Crippen LogP contribution in [-0.2, 0) is 17.8 Å². The van der Waals surface area contributed by atoms with E-state index in [1.54, 1.807) is 36.4 Å². The van der Waals surface area contributed by atoms with Crippen molar-refractivity contribution in [2.24, 2.45) is 5.10 Å². The molecule has 27 heavy (non-hydrogen) atoms. The van der Waals surface area contributed by atoms with Crippen LogP contribution in [0.3, 0.4) is 0 Å². The number of nitrogens with two attached hydrogens (primary N) is 1. The second-order valence-electron chi connectivity index (χ2n) is 5.49. The number of amides is 1. The van der Waals surface area contributed by atoms with Crippen molar-refractivity contribution in [1.82, 2.24) is 15.6 Å². The van der Waals surface area contributed by atoms with Gasteiger partial charge < -0.3 is 10.5 Å². The molecule has 1 amide bonds. The Bertz CT molecular complexity index is 926. The van der Waals surface area contributed by atoms with Crippen molar-refractivity contribution in [2.45, 2.75) is 13.0 Å². The second kappa shape index (κ2) is 8.86. The lowest BCUT2D eigenvalue weighted by atomic mass is 10.2. The lowest BCUT2D eigenvalue weighted by Gasteiger charge is -2.06. The third kappa shape index (κ3) is 5.86. The summed E-state index contributed by atoms with van der Waals surface area (Å²) < 4.78 is 18.5. The highest BCUT2D eigenvalue weighted by Gasteiger charge is 2.07. The van der Waals surface area contributed by atoms with Crippen LogP contribution in [0, 0.1) is 5.82 Å². The van der Waals surface area contributed by atoms with Crippen LogP contribution in [-0.4, -0.2) is 22.3 Å². The number of carbonyl (C=O) groups is 1. The van der Waals surface area contributed by atoms with Crippen molar-refractivity contribution in [3.05, 3.63) is 70.5 Å². The fourth-order valence-electron chi connectivity index (χ4n) is 2.09. The number of rotatable bonds is 7. The van der Waals surface area contributed by atoms with Gasteiger partial charge in [-0.1, -0.05) is 23.5 Å². The van der Waals surface area contributed by atoms with Crippen LogP contribution < -0.4 is 15.9 Å². The summed E-state index contributed by atoms with van der Waals surface area (Å²) in [6, 6.07) is 13.3. The van der Waals surface area contributed by atoms with Gasteiger partial charge in [-0.05, 0) is 47.5 Å². The maximum Gasteiger partial charge on any atom is 0.247 e. The van der Waals surface area contributed by atoms with E-state index >= 15 is 0 Å². The zero-order valence-electron chi connectivity index (χ0n) is 14.1. The van der Waals surface area contributed by atoms with Crippen LogP contribution in [0.5, 0.6) is 5.75 Å². The van der Waals surface area contributed by atoms with Gasteiger partial charge in [0.2, 0.25) is 11.0 Å². The summed E-state index contributed by atoms with van der Waals surface area (Å²) in [5.74, 6) is 0.0953. The Hall–Kier alpha value is -3.33. The molecule has 0 radical (unpaired) electrons. The molecule has 0 atom stereocenters. The number of hydrogen-bond acceptors (Lipinski definition) is 7. The molecule has 1 heterocycles. The second-order valence-corrected chi connectivity index (χ2v) is 6.58. The standard InChI is InChI=1S/C18H16FN5O2S/c19-14-5-1-13(2-6-14)11-26-15-7-3-12(4-8-15)10-21-22-16(25)9-17-23-24-18(20)27-17/h1-8,10H,9,11H2,(H2,20,24)(H,22,25)/b21-10+. The Morgan fingerprint density at radius 3 is 2.59 bits per heavy atom. The van der Waals surface area contributed by atoms with Crippen molar-refractivity contribution in [3.8, 4) is 5.75 Å². The van der Waals surface area contributed by atoms with Crippen molar-refractivity contribution in [2.75, 3.05) is 5.73 Å². The average molecular weight is 385 g/mol. The summed E-state index contributed by atoms with van der Waals surface area (Å²) in [6.07, 6.45) is 1.60. The van der Waals surface area contributed by atoms with Crippen LogP contribution in [0.25, 0.3) is 0 Å². The molecule has 0 saturated carbocycles. The van der Waals surface area contributed by atoms with Gasteiger partial charge >= 0.3 is 0 Å². The summed E-state index contributed by atoms with van der Waals surface area (Å²) in [5, 5.41) is 12.2. The molecule has 0 aliphatic rings. The summed E-state index contributed by atoms with van der Waals surface area (Å²) in [7, 11) is 0. The molecular weight excluding hydrogens is 369 g/mol. The first-order valence-corrected chi connectivity index (χ1v) is 8.77. The highest BCUT2D eigenvalue weighted by atomic mass is 32.1. The normalized spacial score (nSPS) is 10.9. The fourth-order valence-corrected chi connectivity index (χ4v) is 2.70. The summed E-state index contributed by atoms with van der Waals surface area (Å²) >= 11 is 1.16. The number of anilines is 1. The Morgan fingerprint density at radius 1 is 1.19 bits per heavy atom. The predicted molar refractivity (Wildman–Crippen MR) is 101 cm³/mol. The number of nitrogens with zero attached hydrogens (tertiary/aromatic N) is 3. The van der Waals surface area contributed by atoms with Gasteiger partial charge in [-0.15, -0.1) is 10.2 Å². The molecule has 0 aliphatic heterocycles. The SMILES string of the molecule is Nc1nnc(CC(=O)N/N=C/c2ccc(OCc3ccc(F)cc3)cc2)s1. The van der Waals surface area contributed by atoms with Crippen LogP contribution in [0.1, 0.15) is 16.1 Å². The predicted octanol–water partition coefficient (Wildman–Crippen LogP) is 2.53. The molecule has 0 spiro atoms. The molecule has 0 unspecified atom stereocenters. The smallest absolute Gasteiger partial charge is 0.247 e. The minimum absolute atomic E-state index is 0.0718. The van der Waals surface area contributed by atoms with Crippen molar-refractivity contribution < 1.29 is 13.9 Å². The first-order valence-electron chi connectivity index (χ1n) is 7.95. The molecule has 0 saturated heterocycles. The number of aromatic nitrogens is 2. The van der Waals surface area contributed by atoms with Crippen LogP contribution in [0.4, 0.5) is 9.52 Å². The van der Waals surface area contributed by atoms with E-state index in [0.717, 1.165) is 22.5 Å². The Kier molecular flexibility index (Phi) is 6.06. The fraction of sp³-hybridized carbons (Fsp3) is 0.111. The quantitative estimate of drug-likeness (QED) is 0.481. The Balaban J connectivity index is 1.46. The number of ether oxygens (including phenoxy) is 1. The molecule has 3 aromatic rings. The van der Waals surface area contributed by atoms with E-state index in [1.165, 1.54) is 18.3 Å². The zero-order valence-corrected chi connectivity index (χ0v) is 14.9. The number of carbonyl (C=O) groups excluding carboxylic acids is 1. The minimum Gasteiger partial charge on any atom is -0.489 e. The van der Waals surface area contributed by atoms with Gasteiger partial charge in [-0.2, -0.15) is 5.10 Å². The van der Waals surface area contributed by atoms with Crippen molar-refractivity contribution >= 4 is 28.6 Å². The highest BCUT2D eigenvalue weighted by Crippen LogP contribution is 2.14. The number of hydrazone groups is 1. The largest absolute Gasteiger partial charge is 0.489 e. The van der Waals surface area contributed by atoms with Crippen molar-refractivity contribution in [3.63, 3.8) is 0 Å². The lowest BCUT2D eigenvalue weighted by molar-refractivity contribution is -0.120. The van der Waals surface area contributed by atoms with E-state index in [0.29, 0.717) is 22.5 Å². The third-order valence-electron chi connectivity index (χ3n) is 3.40. The van der Waals surface area contributed by atoms with Crippen LogP contribution in [0.15, 0.2) is 53.6 Å². The van der Waals surface area contributed by atoms with Crippen LogP contribution >= 0.6 is 11.3 Å². The minimum atomic E-state index is -0.304. The molecule has 3 N–H and O–H groups in total. The van der Waals surface area contributed by atoms with Crippen LogP contribution in [0.2, 0.25) is 0 Å². The van der Waals surface area contributed by atoms with Gasteiger partial charge in [0.15, 0.2) is 0 Å². The molecule has 138 valence electrons. The van der Waals surface area contributed by atoms with Gasteiger partial charge in [0.05, 0.1) is 12.6 Å². The Morgan fingerprint density at radius 2 is 1.93 bits per heavy atom. The zero-order chi connectivity index (χ0) is 19.1.